The Kier molecular flexibility index (Phi) is 7.06. The van der Waals surface area contributed by atoms with Gasteiger partial charge in [-0.25, -0.2) is 14.4 Å². The number of nitrogens with zero attached hydrogens (tertiary/aromatic N) is 2. The summed E-state index contributed by atoms with van der Waals surface area (Å²) in [6.07, 6.45) is 0.124. The highest BCUT2D eigenvalue weighted by atomic mass is 19.1. The van der Waals surface area contributed by atoms with E-state index in [2.05, 4.69) is 25.9 Å². The number of nitrogens with one attached hydrogen (secondary N) is 3. The molecule has 1 amide bonds. The maximum absolute atomic E-state index is 14.1. The number of oxazole rings is 1. The van der Waals surface area contributed by atoms with Crippen molar-refractivity contribution in [3.05, 3.63) is 42.4 Å². The van der Waals surface area contributed by atoms with Crippen LogP contribution in [0.4, 0.5) is 21.6 Å². The van der Waals surface area contributed by atoms with Crippen LogP contribution >= 0.6 is 0 Å². The molecule has 166 valence electrons. The Morgan fingerprint density at radius 1 is 1.19 bits per heavy atom. The Balaban J connectivity index is 1.76. The van der Waals surface area contributed by atoms with Crippen LogP contribution in [-0.2, 0) is 0 Å². The number of aliphatic hydroxyl groups excluding tert-OH is 1. The van der Waals surface area contributed by atoms with E-state index in [4.69, 9.17) is 4.42 Å². The molecular formula is C22H28FN5O3. The van der Waals surface area contributed by atoms with Gasteiger partial charge in [-0.05, 0) is 31.9 Å². The molecule has 4 N–H and O–H groups in total. The van der Waals surface area contributed by atoms with E-state index in [0.717, 1.165) is 11.2 Å². The first-order chi connectivity index (χ1) is 14.7. The lowest BCUT2D eigenvalue weighted by molar-refractivity contribution is 0.0406. The van der Waals surface area contributed by atoms with E-state index in [9.17, 15) is 14.3 Å². The van der Waals surface area contributed by atoms with Gasteiger partial charge in [-0.1, -0.05) is 13.8 Å². The highest BCUT2D eigenvalue weighted by Gasteiger charge is 2.23. The van der Waals surface area contributed by atoms with Crippen LogP contribution in [0.3, 0.4) is 0 Å². The monoisotopic (exact) mass is 429 g/mol. The third-order valence-electron chi connectivity index (χ3n) is 4.71. The number of rotatable bonds is 9. The number of hydrogen-bond acceptors (Lipinski definition) is 7. The predicted molar refractivity (Wildman–Crippen MR) is 118 cm³/mol. The molecule has 1 aromatic carbocycles. The van der Waals surface area contributed by atoms with Gasteiger partial charge in [-0.15, -0.1) is 0 Å². The molecule has 1 unspecified atom stereocenters. The average molecular weight is 429 g/mol. The minimum Gasteiger partial charge on any atom is -0.443 e. The number of fused-ring (bicyclic) bond motifs is 1. The molecule has 0 bridgehead atoms. The summed E-state index contributed by atoms with van der Waals surface area (Å²) in [6, 6.07) is 7.26. The highest BCUT2D eigenvalue weighted by molar-refractivity contribution is 6.00. The van der Waals surface area contributed by atoms with E-state index in [1.807, 2.05) is 32.0 Å². The lowest BCUT2D eigenvalue weighted by Gasteiger charge is -2.20. The number of hydrogen-bond donors (Lipinski definition) is 4. The molecule has 0 aliphatic heterocycles. The van der Waals surface area contributed by atoms with Crippen molar-refractivity contribution in [2.45, 2.75) is 46.0 Å². The van der Waals surface area contributed by atoms with E-state index < -0.39 is 18.2 Å². The molecule has 0 saturated heterocycles. The largest absolute Gasteiger partial charge is 0.443 e. The zero-order valence-electron chi connectivity index (χ0n) is 18.0. The second kappa shape index (κ2) is 9.74. The van der Waals surface area contributed by atoms with Gasteiger partial charge in [-0.2, -0.15) is 0 Å². The SMILES string of the molecule is CC(C)Nc1cc(Nc2ccc3ncoc3c2)ncc1C(=O)NC[C@@H](F)C(O)C(C)C. The average Bonchev–Trinajstić information content (AvgIpc) is 3.18. The fraction of sp³-hybridized carbons (Fsp3) is 0.409. The summed E-state index contributed by atoms with van der Waals surface area (Å²) in [7, 11) is 0. The van der Waals surface area contributed by atoms with Crippen LogP contribution in [0.15, 0.2) is 41.3 Å². The Morgan fingerprint density at radius 3 is 2.68 bits per heavy atom. The van der Waals surface area contributed by atoms with Gasteiger partial charge in [0.1, 0.15) is 17.5 Å². The van der Waals surface area contributed by atoms with Crippen molar-refractivity contribution in [2.75, 3.05) is 17.2 Å². The smallest absolute Gasteiger partial charge is 0.255 e. The second-order valence-electron chi connectivity index (χ2n) is 8.03. The van der Waals surface area contributed by atoms with Crippen molar-refractivity contribution in [1.29, 1.82) is 0 Å². The van der Waals surface area contributed by atoms with Crippen LogP contribution in [0.25, 0.3) is 11.1 Å². The van der Waals surface area contributed by atoms with Crippen molar-refractivity contribution in [3.8, 4) is 0 Å². The number of alkyl halides is 1. The molecule has 0 aliphatic carbocycles. The lowest BCUT2D eigenvalue weighted by Crippen LogP contribution is -2.39. The summed E-state index contributed by atoms with van der Waals surface area (Å²) in [4.78, 5) is 21.1. The van der Waals surface area contributed by atoms with Crippen molar-refractivity contribution < 1.29 is 18.7 Å². The second-order valence-corrected chi connectivity index (χ2v) is 8.03. The van der Waals surface area contributed by atoms with Crippen LogP contribution < -0.4 is 16.0 Å². The van der Waals surface area contributed by atoms with Gasteiger partial charge in [0.2, 0.25) is 0 Å². The van der Waals surface area contributed by atoms with Crippen LogP contribution in [0.5, 0.6) is 0 Å². The quantitative estimate of drug-likeness (QED) is 0.408. The molecule has 0 saturated carbocycles. The Labute approximate surface area is 180 Å². The molecular weight excluding hydrogens is 401 g/mol. The summed E-state index contributed by atoms with van der Waals surface area (Å²) in [5.41, 5.74) is 3.00. The zero-order valence-corrected chi connectivity index (χ0v) is 18.0. The van der Waals surface area contributed by atoms with E-state index in [0.29, 0.717) is 17.1 Å². The summed E-state index contributed by atoms with van der Waals surface area (Å²) >= 11 is 0. The van der Waals surface area contributed by atoms with Crippen LogP contribution in [0.1, 0.15) is 38.1 Å². The molecule has 2 atom stereocenters. The van der Waals surface area contributed by atoms with E-state index in [1.165, 1.54) is 12.6 Å². The van der Waals surface area contributed by atoms with Gasteiger partial charge >= 0.3 is 0 Å². The lowest BCUT2D eigenvalue weighted by atomic mass is 10.0. The molecule has 0 radical (unpaired) electrons. The number of aromatic nitrogens is 2. The maximum atomic E-state index is 14.1. The third kappa shape index (κ3) is 5.69. The van der Waals surface area contributed by atoms with Crippen LogP contribution in [0, 0.1) is 5.92 Å². The van der Waals surface area contributed by atoms with E-state index in [-0.39, 0.29) is 24.1 Å². The van der Waals surface area contributed by atoms with Crippen LogP contribution in [-0.4, -0.2) is 45.8 Å². The number of carbonyl (C=O) groups excluding carboxylic acids is 1. The standard InChI is InChI=1S/C22H28FN5O3/c1-12(2)21(29)16(23)10-25-22(30)15-9-24-20(8-18(15)27-13(3)4)28-14-5-6-17-19(7-14)31-11-26-17/h5-9,11-13,16,21,29H,10H2,1-4H3,(H,25,30)(H2,24,27,28)/t16-,21?/m1/s1. The minimum absolute atomic E-state index is 0.0593. The number of benzene rings is 1. The summed E-state index contributed by atoms with van der Waals surface area (Å²) in [5, 5.41) is 18.8. The number of anilines is 3. The summed E-state index contributed by atoms with van der Waals surface area (Å²) < 4.78 is 19.4. The first-order valence-corrected chi connectivity index (χ1v) is 10.2. The van der Waals surface area contributed by atoms with Gasteiger partial charge in [0.15, 0.2) is 12.0 Å². The number of pyridine rings is 1. The molecule has 0 aliphatic rings. The first kappa shape index (κ1) is 22.5. The molecule has 2 aromatic heterocycles. The fourth-order valence-electron chi connectivity index (χ4n) is 3.04. The van der Waals surface area contributed by atoms with Gasteiger partial charge in [0.25, 0.3) is 5.91 Å². The molecule has 9 heteroatoms. The molecule has 0 spiro atoms. The molecule has 8 nitrogen and oxygen atoms in total. The molecule has 31 heavy (non-hydrogen) atoms. The summed E-state index contributed by atoms with van der Waals surface area (Å²) in [5.74, 6) is -0.186. The van der Waals surface area contributed by atoms with Gasteiger partial charge in [0.05, 0.1) is 23.9 Å². The van der Waals surface area contributed by atoms with Crippen molar-refractivity contribution in [3.63, 3.8) is 0 Å². The molecule has 2 heterocycles. The third-order valence-corrected chi connectivity index (χ3v) is 4.71. The predicted octanol–water partition coefficient (Wildman–Crippen LogP) is 3.87. The Hall–Kier alpha value is -3.20. The normalized spacial score (nSPS) is 13.4. The number of aliphatic hydroxyl groups is 1. The topological polar surface area (TPSA) is 112 Å². The minimum atomic E-state index is -1.55. The van der Waals surface area contributed by atoms with Gasteiger partial charge in [0, 0.05) is 30.1 Å². The molecule has 0 fully saturated rings. The van der Waals surface area contributed by atoms with Gasteiger partial charge in [-0.3, -0.25) is 4.79 Å². The van der Waals surface area contributed by atoms with Crippen molar-refractivity contribution in [1.82, 2.24) is 15.3 Å². The van der Waals surface area contributed by atoms with E-state index >= 15 is 0 Å². The molecule has 3 aromatic rings. The Morgan fingerprint density at radius 2 is 1.97 bits per heavy atom. The van der Waals surface area contributed by atoms with E-state index in [1.54, 1.807) is 19.9 Å². The zero-order chi connectivity index (χ0) is 22.5. The Bertz CT molecular complexity index is 1040. The highest BCUT2D eigenvalue weighted by Crippen LogP contribution is 2.24. The van der Waals surface area contributed by atoms with Crippen molar-refractivity contribution in [2.24, 2.45) is 5.92 Å². The molecule has 3 rings (SSSR count). The number of halogens is 1. The fourth-order valence-corrected chi connectivity index (χ4v) is 3.04. The first-order valence-electron chi connectivity index (χ1n) is 10.2. The summed E-state index contributed by atoms with van der Waals surface area (Å²) in [6.45, 7) is 7.06. The number of amides is 1. The number of carbonyl (C=O) groups is 1. The maximum Gasteiger partial charge on any atom is 0.255 e. The van der Waals surface area contributed by atoms with Crippen LogP contribution in [0.2, 0.25) is 0 Å². The van der Waals surface area contributed by atoms with Gasteiger partial charge < -0.3 is 25.5 Å². The van der Waals surface area contributed by atoms with Crippen molar-refractivity contribution >= 4 is 34.2 Å².